The Balaban J connectivity index is 3.16. The lowest BCUT2D eigenvalue weighted by Gasteiger charge is -2.13. The number of nitrogens with zero attached hydrogens (tertiary/aromatic N) is 1. The van der Waals surface area contributed by atoms with Crippen LogP contribution in [0.25, 0.3) is 0 Å². The van der Waals surface area contributed by atoms with Gasteiger partial charge in [-0.25, -0.2) is 0 Å². The molecule has 0 fully saturated rings. The van der Waals surface area contributed by atoms with Crippen LogP contribution < -0.4 is 0 Å². The molecule has 0 bridgehead atoms. The van der Waals surface area contributed by atoms with Gasteiger partial charge in [0.05, 0.1) is 26.4 Å². The summed E-state index contributed by atoms with van der Waals surface area (Å²) in [5.41, 5.74) is 0. The van der Waals surface area contributed by atoms with E-state index in [1.165, 1.54) is 0 Å². The Labute approximate surface area is 105 Å². The normalized spacial score (nSPS) is 11.4. The summed E-state index contributed by atoms with van der Waals surface area (Å²) in [6, 6.07) is 0. The van der Waals surface area contributed by atoms with E-state index in [9.17, 15) is 4.79 Å². The van der Waals surface area contributed by atoms with Crippen LogP contribution in [0.5, 0.6) is 0 Å². The van der Waals surface area contributed by atoms with Crippen LogP contribution in [0, 0.1) is 5.92 Å². The lowest BCUT2D eigenvalue weighted by atomic mass is 10.1. The summed E-state index contributed by atoms with van der Waals surface area (Å²) in [4.78, 5) is 13.5. The number of rotatable bonds is 11. The molecule has 0 saturated carbocycles. The molecule has 0 aromatic carbocycles. The maximum Gasteiger partial charge on any atom is 0.137 e. The molecule has 0 amide bonds. The summed E-state index contributed by atoms with van der Waals surface area (Å²) < 4.78 is 10.7. The molecular weight excluding hydrogens is 218 g/mol. The highest BCUT2D eigenvalue weighted by Crippen LogP contribution is 1.98. The highest BCUT2D eigenvalue weighted by molar-refractivity contribution is 5.80. The van der Waals surface area contributed by atoms with Crippen molar-refractivity contribution < 1.29 is 14.3 Å². The van der Waals surface area contributed by atoms with Gasteiger partial charge in [-0.15, -0.1) is 0 Å². The molecule has 4 nitrogen and oxygen atoms in total. The van der Waals surface area contributed by atoms with Crippen LogP contribution in [0.4, 0.5) is 0 Å². The monoisotopic (exact) mass is 245 g/mol. The van der Waals surface area contributed by atoms with Gasteiger partial charge >= 0.3 is 0 Å². The SMILES string of the molecule is CCN(C)CCOCCOCCC(=O)C(C)C. The van der Waals surface area contributed by atoms with Gasteiger partial charge in [-0.2, -0.15) is 0 Å². The number of hydrogen-bond acceptors (Lipinski definition) is 4. The third kappa shape index (κ3) is 10.4. The third-order valence-corrected chi connectivity index (χ3v) is 2.67. The van der Waals surface area contributed by atoms with Crippen LogP contribution in [-0.4, -0.2) is 57.2 Å². The molecule has 102 valence electrons. The highest BCUT2D eigenvalue weighted by Gasteiger charge is 2.05. The fourth-order valence-electron chi connectivity index (χ4n) is 1.16. The first-order valence-electron chi connectivity index (χ1n) is 6.44. The number of ketones is 1. The van der Waals surface area contributed by atoms with E-state index in [2.05, 4.69) is 18.9 Å². The topological polar surface area (TPSA) is 38.8 Å². The Hall–Kier alpha value is -0.450. The van der Waals surface area contributed by atoms with Gasteiger partial charge in [0.15, 0.2) is 0 Å². The first-order chi connectivity index (χ1) is 8.07. The molecule has 0 N–H and O–H groups in total. The third-order valence-electron chi connectivity index (χ3n) is 2.67. The second-order valence-electron chi connectivity index (χ2n) is 4.49. The second-order valence-corrected chi connectivity index (χ2v) is 4.49. The summed E-state index contributed by atoms with van der Waals surface area (Å²) in [6.45, 7) is 10.3. The van der Waals surface area contributed by atoms with Gasteiger partial charge in [-0.3, -0.25) is 4.79 Å². The molecule has 0 aromatic heterocycles. The minimum atomic E-state index is 0.111. The lowest BCUT2D eigenvalue weighted by molar-refractivity contribution is -0.123. The van der Waals surface area contributed by atoms with Gasteiger partial charge in [0.2, 0.25) is 0 Å². The van der Waals surface area contributed by atoms with E-state index in [-0.39, 0.29) is 11.7 Å². The molecule has 0 spiro atoms. The maximum absolute atomic E-state index is 11.3. The van der Waals surface area contributed by atoms with Crippen molar-refractivity contribution in [2.45, 2.75) is 27.2 Å². The predicted molar refractivity (Wildman–Crippen MR) is 69.3 cm³/mol. The molecular formula is C13H27NO3. The first kappa shape index (κ1) is 16.6. The van der Waals surface area contributed by atoms with Crippen LogP contribution in [-0.2, 0) is 14.3 Å². The molecule has 0 aliphatic carbocycles. The smallest absolute Gasteiger partial charge is 0.137 e. The van der Waals surface area contributed by atoms with Gasteiger partial charge in [0.25, 0.3) is 0 Å². The number of carbonyl (C=O) groups excluding carboxylic acids is 1. The van der Waals surface area contributed by atoms with Crippen molar-refractivity contribution in [3.8, 4) is 0 Å². The van der Waals surface area contributed by atoms with Crippen molar-refractivity contribution >= 4 is 5.78 Å². The molecule has 0 atom stereocenters. The standard InChI is InChI=1S/C13H27NO3/c1-5-14(4)7-9-17-11-10-16-8-6-13(15)12(2)3/h12H,5-11H2,1-4H3. The summed E-state index contributed by atoms with van der Waals surface area (Å²) in [5, 5.41) is 0. The summed E-state index contributed by atoms with van der Waals surface area (Å²) in [5.74, 6) is 0.370. The van der Waals surface area contributed by atoms with Gasteiger partial charge in [-0.05, 0) is 13.6 Å². The molecule has 0 saturated heterocycles. The van der Waals surface area contributed by atoms with Crippen LogP contribution >= 0.6 is 0 Å². The Bertz CT molecular complexity index is 195. The molecule has 0 unspecified atom stereocenters. The van der Waals surface area contributed by atoms with Crippen molar-refractivity contribution in [3.05, 3.63) is 0 Å². The van der Waals surface area contributed by atoms with Crippen LogP contribution in [0.2, 0.25) is 0 Å². The summed E-state index contributed by atoms with van der Waals surface area (Å²) in [6.07, 6.45) is 0.510. The summed E-state index contributed by atoms with van der Waals surface area (Å²) in [7, 11) is 2.07. The molecule has 0 rings (SSSR count). The average molecular weight is 245 g/mol. The van der Waals surface area contributed by atoms with Gasteiger partial charge < -0.3 is 14.4 Å². The van der Waals surface area contributed by atoms with Crippen molar-refractivity contribution in [2.75, 3.05) is 46.6 Å². The van der Waals surface area contributed by atoms with Crippen LogP contribution in [0.15, 0.2) is 0 Å². The zero-order valence-corrected chi connectivity index (χ0v) is 11.7. The van der Waals surface area contributed by atoms with Crippen LogP contribution in [0.1, 0.15) is 27.2 Å². The molecule has 0 aliphatic heterocycles. The van der Waals surface area contributed by atoms with Crippen molar-refractivity contribution in [1.82, 2.24) is 4.90 Å². The van der Waals surface area contributed by atoms with E-state index >= 15 is 0 Å². The summed E-state index contributed by atoms with van der Waals surface area (Å²) >= 11 is 0. The fraction of sp³-hybridized carbons (Fsp3) is 0.923. The molecule has 17 heavy (non-hydrogen) atoms. The molecule has 0 radical (unpaired) electrons. The van der Waals surface area contributed by atoms with Gasteiger partial charge in [-0.1, -0.05) is 20.8 Å². The van der Waals surface area contributed by atoms with Gasteiger partial charge in [0, 0.05) is 18.9 Å². The van der Waals surface area contributed by atoms with E-state index in [1.54, 1.807) is 0 Å². The minimum absolute atomic E-state index is 0.111. The quantitative estimate of drug-likeness (QED) is 0.518. The molecule has 4 heteroatoms. The predicted octanol–water partition coefficient (Wildman–Crippen LogP) is 1.59. The van der Waals surface area contributed by atoms with E-state index in [0.717, 1.165) is 19.7 Å². The number of carbonyl (C=O) groups is 1. The van der Waals surface area contributed by atoms with E-state index in [4.69, 9.17) is 9.47 Å². The Morgan fingerprint density at radius 3 is 2.24 bits per heavy atom. The number of likely N-dealkylation sites (N-methyl/N-ethyl adjacent to an activating group) is 1. The molecule has 0 aromatic rings. The largest absolute Gasteiger partial charge is 0.379 e. The van der Waals surface area contributed by atoms with E-state index in [0.29, 0.717) is 26.2 Å². The number of Topliss-reactive ketones (excluding diaryl/α,β-unsaturated/α-hetero) is 1. The minimum Gasteiger partial charge on any atom is -0.379 e. The van der Waals surface area contributed by atoms with E-state index in [1.807, 2.05) is 13.8 Å². The van der Waals surface area contributed by atoms with Crippen molar-refractivity contribution in [3.63, 3.8) is 0 Å². The molecule has 0 aliphatic rings. The van der Waals surface area contributed by atoms with Crippen molar-refractivity contribution in [1.29, 1.82) is 0 Å². The van der Waals surface area contributed by atoms with E-state index < -0.39 is 0 Å². The zero-order valence-electron chi connectivity index (χ0n) is 11.7. The second kappa shape index (κ2) is 10.7. The Morgan fingerprint density at radius 2 is 1.71 bits per heavy atom. The highest BCUT2D eigenvalue weighted by atomic mass is 16.5. The fourth-order valence-corrected chi connectivity index (χ4v) is 1.16. The Kier molecular flexibility index (Phi) is 10.4. The first-order valence-corrected chi connectivity index (χ1v) is 6.44. The lowest BCUT2D eigenvalue weighted by Crippen LogP contribution is -2.23. The molecule has 0 heterocycles. The maximum atomic E-state index is 11.3. The number of ether oxygens (including phenoxy) is 2. The zero-order chi connectivity index (χ0) is 13.1. The van der Waals surface area contributed by atoms with Crippen LogP contribution in [0.3, 0.4) is 0 Å². The van der Waals surface area contributed by atoms with Gasteiger partial charge in [0.1, 0.15) is 5.78 Å². The van der Waals surface area contributed by atoms with Crippen molar-refractivity contribution in [2.24, 2.45) is 5.92 Å². The average Bonchev–Trinajstić information content (AvgIpc) is 2.31. The number of hydrogen-bond donors (Lipinski definition) is 0. The Morgan fingerprint density at radius 1 is 1.12 bits per heavy atom.